The standard InChI is InChI=1S/C30H25BO2/c1-29(2)30(3,4)33-31(32-29)26-16-18-10-5-6-11-19(18)24-17-25-21-13-8-7-12-20(21)22-14-9-15-23(27(22)25)28(24)26/h5-17H,1-4H3. The molecule has 160 valence electrons. The second kappa shape index (κ2) is 6.25. The molecule has 1 aliphatic carbocycles. The zero-order chi connectivity index (χ0) is 22.5. The van der Waals surface area contributed by atoms with E-state index in [0.717, 1.165) is 5.46 Å². The monoisotopic (exact) mass is 428 g/mol. The minimum Gasteiger partial charge on any atom is -0.399 e. The van der Waals surface area contributed by atoms with Gasteiger partial charge in [-0.25, -0.2) is 0 Å². The average Bonchev–Trinajstić information content (AvgIpc) is 3.24. The van der Waals surface area contributed by atoms with Crippen LogP contribution >= 0.6 is 0 Å². The minimum atomic E-state index is -0.414. The molecule has 3 heteroatoms. The third kappa shape index (κ3) is 2.47. The lowest BCUT2D eigenvalue weighted by molar-refractivity contribution is 0.00578. The van der Waals surface area contributed by atoms with Crippen molar-refractivity contribution in [2.75, 3.05) is 0 Å². The number of benzene rings is 5. The molecule has 0 aromatic heterocycles. The van der Waals surface area contributed by atoms with Crippen molar-refractivity contribution in [2.45, 2.75) is 38.9 Å². The summed E-state index contributed by atoms with van der Waals surface area (Å²) in [6, 6.07) is 28.8. The zero-order valence-corrected chi connectivity index (χ0v) is 19.4. The SMILES string of the molecule is CC1(C)OB(c2cc3ccccc3c3cc4c5c(cccc5c23)-c2ccccc2-4)OC1(C)C. The fourth-order valence-electron chi connectivity index (χ4n) is 5.66. The fraction of sp³-hybridized carbons (Fsp3) is 0.200. The van der Waals surface area contributed by atoms with E-state index in [4.69, 9.17) is 9.31 Å². The molecule has 0 N–H and O–H groups in total. The van der Waals surface area contributed by atoms with E-state index in [9.17, 15) is 0 Å². The molecular formula is C30H25BO2. The van der Waals surface area contributed by atoms with Gasteiger partial charge in [-0.1, -0.05) is 72.8 Å². The van der Waals surface area contributed by atoms with Gasteiger partial charge in [-0.2, -0.15) is 0 Å². The van der Waals surface area contributed by atoms with Crippen molar-refractivity contribution in [1.82, 2.24) is 0 Å². The largest absolute Gasteiger partial charge is 0.495 e. The Bertz CT molecular complexity index is 1610. The van der Waals surface area contributed by atoms with Gasteiger partial charge in [0.1, 0.15) is 0 Å². The van der Waals surface area contributed by atoms with E-state index < -0.39 is 7.12 Å². The number of hydrogen-bond donors (Lipinski definition) is 0. The second-order valence-corrected chi connectivity index (χ2v) is 10.4. The first kappa shape index (κ1) is 19.3. The Labute approximate surface area is 194 Å². The Morgan fingerprint density at radius 3 is 1.91 bits per heavy atom. The molecule has 1 saturated heterocycles. The lowest BCUT2D eigenvalue weighted by Gasteiger charge is -2.32. The van der Waals surface area contributed by atoms with Gasteiger partial charge in [0.2, 0.25) is 0 Å². The van der Waals surface area contributed by atoms with Crippen LogP contribution in [0.4, 0.5) is 0 Å². The summed E-state index contributed by atoms with van der Waals surface area (Å²) in [4.78, 5) is 0. The molecule has 7 rings (SSSR count). The molecule has 5 aromatic rings. The van der Waals surface area contributed by atoms with Gasteiger partial charge < -0.3 is 9.31 Å². The van der Waals surface area contributed by atoms with E-state index >= 15 is 0 Å². The Balaban J connectivity index is 1.65. The van der Waals surface area contributed by atoms with Gasteiger partial charge in [0.05, 0.1) is 11.2 Å². The van der Waals surface area contributed by atoms with Crippen molar-refractivity contribution in [3.05, 3.63) is 78.9 Å². The van der Waals surface area contributed by atoms with Crippen LogP contribution in [-0.4, -0.2) is 18.3 Å². The Morgan fingerprint density at radius 2 is 1.15 bits per heavy atom. The van der Waals surface area contributed by atoms with E-state index in [0.29, 0.717) is 0 Å². The summed E-state index contributed by atoms with van der Waals surface area (Å²) in [7, 11) is -0.414. The topological polar surface area (TPSA) is 18.5 Å². The Morgan fingerprint density at radius 1 is 0.545 bits per heavy atom. The molecule has 0 saturated carbocycles. The fourth-order valence-corrected chi connectivity index (χ4v) is 5.66. The van der Waals surface area contributed by atoms with Crippen molar-refractivity contribution in [3.8, 4) is 22.3 Å². The predicted octanol–water partition coefficient (Wildman–Crippen LogP) is 7.09. The molecule has 0 atom stereocenters. The first-order valence-electron chi connectivity index (χ1n) is 11.7. The van der Waals surface area contributed by atoms with Crippen LogP contribution in [0, 0.1) is 0 Å². The number of hydrogen-bond acceptors (Lipinski definition) is 2. The van der Waals surface area contributed by atoms with Gasteiger partial charge in [-0.05, 0) is 93.8 Å². The third-order valence-corrected chi connectivity index (χ3v) is 8.03. The first-order valence-corrected chi connectivity index (χ1v) is 11.7. The highest BCUT2D eigenvalue weighted by Crippen LogP contribution is 2.50. The molecular weight excluding hydrogens is 403 g/mol. The zero-order valence-electron chi connectivity index (χ0n) is 19.4. The average molecular weight is 428 g/mol. The summed E-state index contributed by atoms with van der Waals surface area (Å²) in [5, 5.41) is 7.57. The van der Waals surface area contributed by atoms with E-state index in [1.807, 2.05) is 0 Å². The minimum absolute atomic E-state index is 0.388. The highest BCUT2D eigenvalue weighted by Gasteiger charge is 2.52. The molecule has 1 heterocycles. The maximum absolute atomic E-state index is 6.57. The van der Waals surface area contributed by atoms with Crippen LogP contribution in [0.15, 0.2) is 78.9 Å². The summed E-state index contributed by atoms with van der Waals surface area (Å²) >= 11 is 0. The molecule has 0 amide bonds. The molecule has 0 spiro atoms. The van der Waals surface area contributed by atoms with Crippen LogP contribution in [0.3, 0.4) is 0 Å². The molecule has 0 unspecified atom stereocenters. The van der Waals surface area contributed by atoms with E-state index in [2.05, 4.69) is 107 Å². The summed E-state index contributed by atoms with van der Waals surface area (Å²) in [5.74, 6) is 0. The molecule has 5 aromatic carbocycles. The second-order valence-electron chi connectivity index (χ2n) is 10.4. The lowest BCUT2D eigenvalue weighted by Crippen LogP contribution is -2.41. The molecule has 33 heavy (non-hydrogen) atoms. The maximum Gasteiger partial charge on any atom is 0.495 e. The van der Waals surface area contributed by atoms with Gasteiger partial charge in [-0.3, -0.25) is 0 Å². The summed E-state index contributed by atoms with van der Waals surface area (Å²) in [6.45, 7) is 8.48. The molecule has 2 aliphatic rings. The van der Waals surface area contributed by atoms with Crippen molar-refractivity contribution < 1.29 is 9.31 Å². The van der Waals surface area contributed by atoms with Gasteiger partial charge in [0.25, 0.3) is 0 Å². The number of fused-ring (bicyclic) bond motifs is 7. The van der Waals surface area contributed by atoms with Gasteiger partial charge in [0.15, 0.2) is 0 Å². The normalized spacial score (nSPS) is 17.9. The summed E-state index contributed by atoms with van der Waals surface area (Å²) in [6.07, 6.45) is 0. The van der Waals surface area contributed by atoms with Crippen LogP contribution in [0.25, 0.3) is 54.6 Å². The molecule has 0 bridgehead atoms. The summed E-state index contributed by atoms with van der Waals surface area (Å²) in [5.41, 5.74) is 5.60. The van der Waals surface area contributed by atoms with Crippen LogP contribution in [-0.2, 0) is 9.31 Å². The Hall–Kier alpha value is -3.14. The molecule has 0 radical (unpaired) electrons. The summed E-state index contributed by atoms with van der Waals surface area (Å²) < 4.78 is 13.1. The smallest absolute Gasteiger partial charge is 0.399 e. The predicted molar refractivity (Wildman–Crippen MR) is 139 cm³/mol. The van der Waals surface area contributed by atoms with Crippen LogP contribution in [0.2, 0.25) is 0 Å². The lowest BCUT2D eigenvalue weighted by atomic mass is 9.73. The van der Waals surface area contributed by atoms with Crippen molar-refractivity contribution >= 4 is 44.9 Å². The van der Waals surface area contributed by atoms with Crippen LogP contribution in [0.5, 0.6) is 0 Å². The van der Waals surface area contributed by atoms with Gasteiger partial charge in [-0.15, -0.1) is 0 Å². The highest BCUT2D eigenvalue weighted by atomic mass is 16.7. The third-order valence-electron chi connectivity index (χ3n) is 8.03. The van der Waals surface area contributed by atoms with Gasteiger partial charge in [0, 0.05) is 0 Å². The van der Waals surface area contributed by atoms with Crippen molar-refractivity contribution in [1.29, 1.82) is 0 Å². The maximum atomic E-state index is 6.57. The van der Waals surface area contributed by atoms with E-state index in [1.54, 1.807) is 0 Å². The van der Waals surface area contributed by atoms with Crippen LogP contribution < -0.4 is 5.46 Å². The van der Waals surface area contributed by atoms with Crippen molar-refractivity contribution in [2.24, 2.45) is 0 Å². The van der Waals surface area contributed by atoms with E-state index in [1.165, 1.54) is 54.6 Å². The van der Waals surface area contributed by atoms with E-state index in [-0.39, 0.29) is 11.2 Å². The molecule has 1 fully saturated rings. The van der Waals surface area contributed by atoms with Crippen molar-refractivity contribution in [3.63, 3.8) is 0 Å². The quantitative estimate of drug-likeness (QED) is 0.206. The first-order chi connectivity index (χ1) is 15.9. The van der Waals surface area contributed by atoms with Gasteiger partial charge >= 0.3 is 7.12 Å². The highest BCUT2D eigenvalue weighted by molar-refractivity contribution is 6.67. The number of rotatable bonds is 1. The Kier molecular flexibility index (Phi) is 3.67. The van der Waals surface area contributed by atoms with Crippen LogP contribution in [0.1, 0.15) is 27.7 Å². The molecule has 2 nitrogen and oxygen atoms in total. The molecule has 1 aliphatic heterocycles.